The Balaban J connectivity index is 1.66. The predicted molar refractivity (Wildman–Crippen MR) is 169 cm³/mol. The van der Waals surface area contributed by atoms with E-state index in [0.717, 1.165) is 31.2 Å². The summed E-state index contributed by atoms with van der Waals surface area (Å²) in [5.74, 6) is -1.43. The summed E-state index contributed by atoms with van der Waals surface area (Å²) in [7, 11) is 0. The highest BCUT2D eigenvalue weighted by Gasteiger charge is 2.49. The van der Waals surface area contributed by atoms with Gasteiger partial charge in [0.05, 0.1) is 17.3 Å². The Morgan fingerprint density at radius 2 is 1.64 bits per heavy atom. The lowest BCUT2D eigenvalue weighted by molar-refractivity contribution is -0.169. The molecule has 0 aromatic heterocycles. The molecule has 3 atom stereocenters. The number of amides is 3. The zero-order chi connectivity index (χ0) is 31.6. The highest BCUT2D eigenvalue weighted by Crippen LogP contribution is 2.39. The third kappa shape index (κ3) is 6.15. The minimum Gasteiger partial charge on any atom is -0.476 e. The van der Waals surface area contributed by atoms with Gasteiger partial charge in [0.15, 0.2) is 6.10 Å². The molecule has 3 amide bonds. The van der Waals surface area contributed by atoms with Gasteiger partial charge in [-0.05, 0) is 30.7 Å². The largest absolute Gasteiger partial charge is 0.476 e. The fraction of sp³-hybridized carbons (Fsp3) is 0.486. The summed E-state index contributed by atoms with van der Waals surface area (Å²) in [5.41, 5.74) is 1.57. The van der Waals surface area contributed by atoms with Crippen LogP contribution >= 0.6 is 0 Å². The number of hydrogen-bond donors (Lipinski definition) is 1. The molecule has 2 aromatic carbocycles. The van der Waals surface area contributed by atoms with Crippen LogP contribution in [0.4, 0.5) is 0 Å². The first-order valence-corrected chi connectivity index (χ1v) is 15.7. The second kappa shape index (κ2) is 12.9. The maximum atomic E-state index is 14.7. The molecular formula is C35H44N4O5. The summed E-state index contributed by atoms with van der Waals surface area (Å²) < 4.78 is 6.05. The van der Waals surface area contributed by atoms with Crippen molar-refractivity contribution in [3.8, 4) is 0 Å². The highest BCUT2D eigenvalue weighted by atomic mass is 16.5. The first-order chi connectivity index (χ1) is 21.0. The minimum absolute atomic E-state index is 0.184. The van der Waals surface area contributed by atoms with Crippen LogP contribution in [0.1, 0.15) is 71.4 Å². The van der Waals surface area contributed by atoms with Crippen molar-refractivity contribution >= 4 is 29.3 Å². The number of aliphatic hydroxyl groups is 1. The average Bonchev–Trinajstić information content (AvgIpc) is 3.66. The van der Waals surface area contributed by atoms with Gasteiger partial charge in [0.25, 0.3) is 5.91 Å². The lowest BCUT2D eigenvalue weighted by Crippen LogP contribution is -2.64. The molecule has 2 aromatic rings. The van der Waals surface area contributed by atoms with Gasteiger partial charge in [-0.25, -0.2) is 15.0 Å². The molecule has 2 aliphatic heterocycles. The van der Waals surface area contributed by atoms with Crippen LogP contribution in [0.3, 0.4) is 0 Å². The highest BCUT2D eigenvalue weighted by molar-refractivity contribution is 5.99. The van der Waals surface area contributed by atoms with E-state index < -0.39 is 30.0 Å². The Bertz CT molecular complexity index is 1420. The second-order valence-electron chi connectivity index (χ2n) is 12.9. The molecule has 1 N–H and O–H groups in total. The Hall–Kier alpha value is -3.98. The number of benzene rings is 2. The predicted octanol–water partition coefficient (Wildman–Crippen LogP) is 4.81. The van der Waals surface area contributed by atoms with E-state index in [1.54, 1.807) is 20.0 Å². The van der Waals surface area contributed by atoms with Crippen LogP contribution in [0.5, 0.6) is 0 Å². The zero-order valence-electron chi connectivity index (χ0n) is 26.3. The first kappa shape index (κ1) is 31.4. The number of aliphatic imine (C=N–C) groups is 1. The van der Waals surface area contributed by atoms with E-state index >= 15 is 0 Å². The first-order valence-electron chi connectivity index (χ1n) is 15.7. The molecular weight excluding hydrogens is 556 g/mol. The normalized spacial score (nSPS) is 20.9. The third-order valence-electron chi connectivity index (χ3n) is 8.83. The van der Waals surface area contributed by atoms with Crippen molar-refractivity contribution in [1.29, 1.82) is 0 Å². The third-order valence-corrected chi connectivity index (χ3v) is 8.83. The monoisotopic (exact) mass is 600 g/mol. The summed E-state index contributed by atoms with van der Waals surface area (Å²) in [6, 6.07) is 17.0. The van der Waals surface area contributed by atoms with Crippen molar-refractivity contribution in [2.45, 2.75) is 90.4 Å². The van der Waals surface area contributed by atoms with Crippen molar-refractivity contribution in [1.82, 2.24) is 14.9 Å². The molecule has 9 nitrogen and oxygen atoms in total. The van der Waals surface area contributed by atoms with Crippen LogP contribution in [0.2, 0.25) is 0 Å². The molecule has 0 bridgehead atoms. The van der Waals surface area contributed by atoms with Gasteiger partial charge in [-0.15, -0.1) is 0 Å². The zero-order valence-corrected chi connectivity index (χ0v) is 26.3. The van der Waals surface area contributed by atoms with Crippen molar-refractivity contribution in [2.24, 2.45) is 16.8 Å². The number of carbonyl (C=O) groups is 3. The molecule has 234 valence electrons. The lowest BCUT2D eigenvalue weighted by atomic mass is 9.95. The fourth-order valence-corrected chi connectivity index (χ4v) is 6.58. The Morgan fingerprint density at radius 1 is 1.02 bits per heavy atom. The second-order valence-corrected chi connectivity index (χ2v) is 12.9. The molecule has 44 heavy (non-hydrogen) atoms. The van der Waals surface area contributed by atoms with E-state index in [9.17, 15) is 19.5 Å². The summed E-state index contributed by atoms with van der Waals surface area (Å²) in [6.45, 7) is 9.18. The van der Waals surface area contributed by atoms with Gasteiger partial charge in [0, 0.05) is 24.6 Å². The van der Waals surface area contributed by atoms with E-state index in [1.807, 2.05) is 74.5 Å². The van der Waals surface area contributed by atoms with E-state index in [1.165, 1.54) is 21.8 Å². The average molecular weight is 601 g/mol. The van der Waals surface area contributed by atoms with Gasteiger partial charge in [0.2, 0.25) is 17.7 Å². The summed E-state index contributed by atoms with van der Waals surface area (Å²) in [6.07, 6.45) is 4.52. The molecule has 0 radical (unpaired) electrons. The maximum absolute atomic E-state index is 14.7. The smallest absolute Gasteiger partial charge is 0.269 e. The van der Waals surface area contributed by atoms with Crippen molar-refractivity contribution in [3.05, 3.63) is 78.0 Å². The molecule has 1 saturated carbocycles. The van der Waals surface area contributed by atoms with Gasteiger partial charge in [-0.2, -0.15) is 0 Å². The van der Waals surface area contributed by atoms with Crippen molar-refractivity contribution < 1.29 is 24.2 Å². The minimum atomic E-state index is -1.29. The SMILES string of the molecule is CC(=O)N([C@@H](Cc1ccccc1)C(O)C1=NC2(CCCC2)CO1)N1C(=O)C(C(C)C)N(C(=O)C(C)C)C=C1c1ccccc1. The van der Waals surface area contributed by atoms with Gasteiger partial charge in [-0.3, -0.25) is 14.4 Å². The molecule has 2 heterocycles. The van der Waals surface area contributed by atoms with Gasteiger partial charge in [0.1, 0.15) is 12.6 Å². The number of hydrazine groups is 1. The van der Waals surface area contributed by atoms with Gasteiger partial charge < -0.3 is 14.7 Å². The van der Waals surface area contributed by atoms with Crippen LogP contribution in [0.25, 0.3) is 5.70 Å². The quantitative estimate of drug-likeness (QED) is 0.445. The lowest BCUT2D eigenvalue weighted by Gasteiger charge is -2.48. The van der Waals surface area contributed by atoms with Crippen LogP contribution in [-0.2, 0) is 25.5 Å². The van der Waals surface area contributed by atoms with Gasteiger partial charge >= 0.3 is 0 Å². The van der Waals surface area contributed by atoms with Crippen molar-refractivity contribution in [3.63, 3.8) is 0 Å². The van der Waals surface area contributed by atoms with Crippen molar-refractivity contribution in [2.75, 3.05) is 6.61 Å². The molecule has 1 fully saturated rings. The number of aliphatic hydroxyl groups excluding tert-OH is 1. The molecule has 5 rings (SSSR count). The molecule has 9 heteroatoms. The topological polar surface area (TPSA) is 103 Å². The molecule has 2 unspecified atom stereocenters. The summed E-state index contributed by atoms with van der Waals surface area (Å²) in [5, 5.41) is 14.8. The van der Waals surface area contributed by atoms with E-state index in [2.05, 4.69) is 0 Å². The van der Waals surface area contributed by atoms with Crippen LogP contribution < -0.4 is 0 Å². The standard InChI is InChI=1S/C35H44N4O5/c1-23(2)30-34(43)39(29(27-16-10-7-11-17-27)21-37(30)33(42)24(3)4)38(25(5)40)28(20-26-14-8-6-9-15-26)31(41)32-36-35(22-44-32)18-12-13-19-35/h6-11,14-17,21,23-24,28,30-31,41H,12-13,18-20,22H2,1-5H3/t28-,30?,31?/m0/s1. The summed E-state index contributed by atoms with van der Waals surface area (Å²) >= 11 is 0. The maximum Gasteiger partial charge on any atom is 0.269 e. The number of ether oxygens (including phenoxy) is 1. The van der Waals surface area contributed by atoms with E-state index in [0.29, 0.717) is 17.9 Å². The molecule has 1 aliphatic carbocycles. The Labute approximate surface area is 260 Å². The van der Waals surface area contributed by atoms with Gasteiger partial charge in [-0.1, -0.05) is 101 Å². The molecule has 3 aliphatic rings. The van der Waals surface area contributed by atoms with Crippen LogP contribution in [-0.4, -0.2) is 74.0 Å². The molecule has 0 saturated heterocycles. The number of rotatable bonds is 9. The summed E-state index contributed by atoms with van der Waals surface area (Å²) in [4.78, 5) is 48.4. The number of nitrogens with zero attached hydrogens (tertiary/aromatic N) is 4. The van der Waals surface area contributed by atoms with E-state index in [-0.39, 0.29) is 35.6 Å². The van der Waals surface area contributed by atoms with Crippen LogP contribution in [0, 0.1) is 11.8 Å². The van der Waals surface area contributed by atoms with Crippen LogP contribution in [0.15, 0.2) is 71.9 Å². The Kier molecular flexibility index (Phi) is 9.25. The number of carbonyl (C=O) groups excluding carboxylic acids is 3. The fourth-order valence-electron chi connectivity index (χ4n) is 6.58. The molecule has 1 spiro atoms. The Morgan fingerprint density at radius 3 is 2.20 bits per heavy atom. The van der Waals surface area contributed by atoms with E-state index in [4.69, 9.17) is 9.73 Å². The number of hydrogen-bond acceptors (Lipinski definition) is 6.